The van der Waals surface area contributed by atoms with Crippen LogP contribution in [0.1, 0.15) is 36.1 Å². The molecule has 0 aliphatic heterocycles. The van der Waals surface area contributed by atoms with Crippen LogP contribution in [0.15, 0.2) is 133 Å². The number of halogens is 2. The average Bonchev–Trinajstić information content (AvgIpc) is 3.05. The van der Waals surface area contributed by atoms with Crippen LogP contribution in [-0.4, -0.2) is 0 Å². The summed E-state index contributed by atoms with van der Waals surface area (Å²) in [6, 6.07) is 44.6. The van der Waals surface area contributed by atoms with E-state index in [2.05, 4.69) is 111 Å². The van der Waals surface area contributed by atoms with Crippen LogP contribution in [0.2, 0.25) is 0 Å². The second-order valence-corrected chi connectivity index (χ2v) is 11.0. The number of benzene rings is 6. The second kappa shape index (κ2) is 12.6. The van der Waals surface area contributed by atoms with Gasteiger partial charge in [-0.3, -0.25) is 0 Å². The second-order valence-electron chi connectivity index (χ2n) is 11.0. The predicted molar refractivity (Wildman–Crippen MR) is 176 cm³/mol. The van der Waals surface area contributed by atoms with E-state index in [9.17, 15) is 8.78 Å². The Kier molecular flexibility index (Phi) is 8.29. The molecule has 0 amide bonds. The summed E-state index contributed by atoms with van der Waals surface area (Å²) in [6.45, 7) is 4.11. The van der Waals surface area contributed by atoms with E-state index >= 15 is 0 Å². The molecule has 0 saturated carbocycles. The molecule has 6 rings (SSSR count). The van der Waals surface area contributed by atoms with Crippen molar-refractivity contribution in [3.05, 3.63) is 167 Å². The Labute approximate surface area is 253 Å². The highest BCUT2D eigenvalue weighted by Crippen LogP contribution is 2.30. The van der Waals surface area contributed by atoms with Gasteiger partial charge in [-0.15, -0.1) is 0 Å². The highest BCUT2D eigenvalue weighted by Gasteiger charge is 2.08. The molecule has 0 N–H and O–H groups in total. The molecule has 0 aliphatic carbocycles. The number of rotatable bonds is 8. The van der Waals surface area contributed by atoms with E-state index in [0.29, 0.717) is 0 Å². The van der Waals surface area contributed by atoms with Crippen LogP contribution in [-0.2, 0) is 19.3 Å². The van der Waals surface area contributed by atoms with Crippen LogP contribution in [0, 0.1) is 11.6 Å². The maximum absolute atomic E-state index is 13.7. The van der Waals surface area contributed by atoms with Crippen LogP contribution < -0.4 is 0 Å². The van der Waals surface area contributed by atoms with Gasteiger partial charge in [0.25, 0.3) is 0 Å². The zero-order valence-electron chi connectivity index (χ0n) is 24.6. The van der Waals surface area contributed by atoms with E-state index in [4.69, 9.17) is 0 Å². The lowest BCUT2D eigenvalue weighted by Gasteiger charge is -2.11. The maximum atomic E-state index is 13.7. The Hall–Kier alpha value is -4.82. The molecule has 0 nitrogen and oxygen atoms in total. The van der Waals surface area contributed by atoms with E-state index in [1.165, 1.54) is 34.4 Å². The molecule has 0 unspecified atom stereocenters. The molecule has 212 valence electrons. The maximum Gasteiger partial charge on any atom is 0.123 e. The van der Waals surface area contributed by atoms with Crippen molar-refractivity contribution in [2.45, 2.75) is 33.1 Å². The third kappa shape index (κ3) is 6.34. The summed E-state index contributed by atoms with van der Waals surface area (Å²) in [5.41, 5.74) is 13.6. The van der Waals surface area contributed by atoms with E-state index in [-0.39, 0.29) is 11.6 Å². The third-order valence-electron chi connectivity index (χ3n) is 8.27. The summed E-state index contributed by atoms with van der Waals surface area (Å²) >= 11 is 0. The van der Waals surface area contributed by atoms with Gasteiger partial charge in [-0.25, -0.2) is 8.78 Å². The Bertz CT molecular complexity index is 1690. The lowest BCUT2D eigenvalue weighted by Crippen LogP contribution is -1.91. The minimum absolute atomic E-state index is 0.187. The van der Waals surface area contributed by atoms with E-state index < -0.39 is 0 Å². The van der Waals surface area contributed by atoms with Crippen molar-refractivity contribution in [3.63, 3.8) is 0 Å². The molecular weight excluding hydrogens is 530 g/mol. The lowest BCUT2D eigenvalue weighted by molar-refractivity contribution is 0.625. The molecular formula is C41H34F2. The van der Waals surface area contributed by atoms with Crippen molar-refractivity contribution in [1.82, 2.24) is 0 Å². The SMILES string of the molecule is CCc1cc(F)ccc1-c1ccc(-c2ccc(Cc3ccc(-c4ccc(-c5ccc(F)cc5CC)cc4)cc3)cc2)cc1. The van der Waals surface area contributed by atoms with Crippen LogP contribution >= 0.6 is 0 Å². The first-order valence-electron chi connectivity index (χ1n) is 15.0. The summed E-state index contributed by atoms with van der Waals surface area (Å²) in [7, 11) is 0. The van der Waals surface area contributed by atoms with E-state index in [0.717, 1.165) is 63.8 Å². The van der Waals surface area contributed by atoms with Gasteiger partial charge in [0.2, 0.25) is 0 Å². The smallest absolute Gasteiger partial charge is 0.123 e. The van der Waals surface area contributed by atoms with Gasteiger partial charge in [0.15, 0.2) is 0 Å². The first-order chi connectivity index (χ1) is 21.0. The monoisotopic (exact) mass is 564 g/mol. The van der Waals surface area contributed by atoms with E-state index in [1.807, 2.05) is 12.1 Å². The quantitative estimate of drug-likeness (QED) is 0.172. The van der Waals surface area contributed by atoms with Crippen molar-refractivity contribution >= 4 is 0 Å². The zero-order chi connectivity index (χ0) is 29.8. The van der Waals surface area contributed by atoms with Crippen molar-refractivity contribution < 1.29 is 8.78 Å². The molecule has 0 bridgehead atoms. The molecule has 0 atom stereocenters. The molecule has 0 aromatic heterocycles. The molecule has 0 aliphatic rings. The van der Waals surface area contributed by atoms with Crippen LogP contribution in [0.4, 0.5) is 8.78 Å². The minimum atomic E-state index is -0.187. The van der Waals surface area contributed by atoms with Crippen molar-refractivity contribution in [2.75, 3.05) is 0 Å². The van der Waals surface area contributed by atoms with Crippen LogP contribution in [0.5, 0.6) is 0 Å². The van der Waals surface area contributed by atoms with Crippen LogP contribution in [0.3, 0.4) is 0 Å². The summed E-state index contributed by atoms with van der Waals surface area (Å²) in [6.07, 6.45) is 2.46. The molecule has 0 saturated heterocycles. The molecule has 43 heavy (non-hydrogen) atoms. The zero-order valence-corrected chi connectivity index (χ0v) is 24.6. The standard InChI is InChI=1S/C41H34F2/c1-3-30-26-38(42)21-23-40(30)36-17-13-34(14-18-36)32-9-5-28(6-10-32)25-29-7-11-33(12-8-29)35-15-19-37(20-16-35)41-24-22-39(43)27-31(41)4-2/h5-24,26-27H,3-4,25H2,1-2H3. The largest absolute Gasteiger partial charge is 0.207 e. The van der Waals surface area contributed by atoms with Gasteiger partial charge in [0, 0.05) is 0 Å². The number of hydrogen-bond donors (Lipinski definition) is 0. The molecule has 0 spiro atoms. The summed E-state index contributed by atoms with van der Waals surface area (Å²) in [5, 5.41) is 0. The predicted octanol–water partition coefficient (Wildman–Crippen LogP) is 11.3. The van der Waals surface area contributed by atoms with Crippen molar-refractivity contribution in [1.29, 1.82) is 0 Å². The minimum Gasteiger partial charge on any atom is -0.207 e. The molecule has 0 heterocycles. The highest BCUT2D eigenvalue weighted by molar-refractivity contribution is 5.74. The van der Waals surface area contributed by atoms with Crippen molar-refractivity contribution in [2.24, 2.45) is 0 Å². The van der Waals surface area contributed by atoms with Gasteiger partial charge in [0.1, 0.15) is 11.6 Å². The van der Waals surface area contributed by atoms with Gasteiger partial charge < -0.3 is 0 Å². The lowest BCUT2D eigenvalue weighted by atomic mass is 9.94. The fraction of sp³-hybridized carbons (Fsp3) is 0.122. The van der Waals surface area contributed by atoms with Gasteiger partial charge >= 0.3 is 0 Å². The summed E-state index contributed by atoms with van der Waals surface area (Å²) in [5.74, 6) is -0.374. The van der Waals surface area contributed by atoms with Gasteiger partial charge in [-0.05, 0) is 110 Å². The molecule has 0 fully saturated rings. The molecule has 6 aromatic carbocycles. The van der Waals surface area contributed by atoms with Gasteiger partial charge in [-0.2, -0.15) is 0 Å². The van der Waals surface area contributed by atoms with Crippen molar-refractivity contribution in [3.8, 4) is 44.5 Å². The Morgan fingerprint density at radius 3 is 1.00 bits per heavy atom. The number of aryl methyl sites for hydroxylation is 2. The average molecular weight is 565 g/mol. The van der Waals surface area contributed by atoms with E-state index in [1.54, 1.807) is 12.1 Å². The number of hydrogen-bond acceptors (Lipinski definition) is 0. The molecule has 0 radical (unpaired) electrons. The fourth-order valence-corrected chi connectivity index (χ4v) is 5.82. The first kappa shape index (κ1) is 28.3. The Morgan fingerprint density at radius 2 is 0.674 bits per heavy atom. The normalized spacial score (nSPS) is 11.1. The van der Waals surface area contributed by atoms with Gasteiger partial charge in [-0.1, -0.05) is 123 Å². The van der Waals surface area contributed by atoms with Crippen LogP contribution in [0.25, 0.3) is 44.5 Å². The first-order valence-corrected chi connectivity index (χ1v) is 15.0. The molecule has 2 heteroatoms. The Morgan fingerprint density at radius 1 is 0.372 bits per heavy atom. The Balaban J connectivity index is 1.11. The molecule has 6 aromatic rings. The highest BCUT2D eigenvalue weighted by atomic mass is 19.1. The fourth-order valence-electron chi connectivity index (χ4n) is 5.82. The summed E-state index contributed by atoms with van der Waals surface area (Å²) in [4.78, 5) is 0. The topological polar surface area (TPSA) is 0 Å². The third-order valence-corrected chi connectivity index (χ3v) is 8.27. The van der Waals surface area contributed by atoms with Gasteiger partial charge in [0.05, 0.1) is 0 Å². The summed E-state index contributed by atoms with van der Waals surface area (Å²) < 4.78 is 27.4.